The molecular weight excluding hydrogens is 202 g/mol. The summed E-state index contributed by atoms with van der Waals surface area (Å²) in [6, 6.07) is 0. The van der Waals surface area contributed by atoms with Gasteiger partial charge in [-0.15, -0.1) is 0 Å². The Morgan fingerprint density at radius 1 is 1.33 bits per heavy atom. The number of carbonyl (C=O) groups is 1. The van der Waals surface area contributed by atoms with E-state index in [0.29, 0.717) is 18.8 Å². The second-order valence-corrected chi connectivity index (χ2v) is 3.20. The molecule has 0 saturated carbocycles. The van der Waals surface area contributed by atoms with E-state index in [1.807, 2.05) is 0 Å². The van der Waals surface area contributed by atoms with Gasteiger partial charge in [0.05, 0.1) is 33.0 Å². The lowest BCUT2D eigenvalue weighted by Crippen LogP contribution is -2.11. The Morgan fingerprint density at radius 3 is 2.00 bits per heavy atom. The van der Waals surface area contributed by atoms with Crippen molar-refractivity contribution in [2.45, 2.75) is 19.1 Å². The maximum absolute atomic E-state index is 9.60. The van der Waals surface area contributed by atoms with Gasteiger partial charge in [-0.1, -0.05) is 0 Å². The molecule has 0 spiro atoms. The van der Waals surface area contributed by atoms with Crippen LogP contribution in [0.1, 0.15) is 6.92 Å². The maximum Gasteiger partial charge on any atom is 0.404 e. The van der Waals surface area contributed by atoms with Crippen molar-refractivity contribution in [3.05, 3.63) is 0 Å². The average Bonchev–Trinajstić information content (AvgIpc) is 2.99. The van der Waals surface area contributed by atoms with Crippen LogP contribution in [-0.2, 0) is 18.9 Å². The van der Waals surface area contributed by atoms with Gasteiger partial charge in [-0.2, -0.15) is 0 Å². The standard InChI is InChI=1S/C6H10O3.C3H7NO2/c1(5-3-8-5)7-2-6-4-9-6;1-2-6-3(4)5/h5-6H,1-4H2;2H2,1H3,(H2,4,5). The molecule has 2 N–H and O–H groups in total. The second kappa shape index (κ2) is 6.60. The van der Waals surface area contributed by atoms with E-state index < -0.39 is 6.09 Å². The summed E-state index contributed by atoms with van der Waals surface area (Å²) in [4.78, 5) is 9.60. The quantitative estimate of drug-likeness (QED) is 0.652. The predicted molar refractivity (Wildman–Crippen MR) is 51.5 cm³/mol. The van der Waals surface area contributed by atoms with E-state index in [-0.39, 0.29) is 0 Å². The molecule has 0 aromatic heterocycles. The SMILES string of the molecule is C(OCC1CO1)C1CO1.CCOC(N)=O. The molecule has 1 amide bonds. The van der Waals surface area contributed by atoms with Crippen molar-refractivity contribution in [3.63, 3.8) is 0 Å². The Bertz CT molecular complexity index is 179. The fourth-order valence-corrected chi connectivity index (χ4v) is 0.802. The maximum atomic E-state index is 9.60. The van der Waals surface area contributed by atoms with Gasteiger partial charge in [0, 0.05) is 0 Å². The number of nitrogens with two attached hydrogens (primary N) is 1. The summed E-state index contributed by atoms with van der Waals surface area (Å²) in [6.45, 7) is 5.32. The minimum atomic E-state index is -0.711. The molecule has 0 aromatic carbocycles. The third-order valence-electron chi connectivity index (χ3n) is 1.70. The molecule has 88 valence electrons. The van der Waals surface area contributed by atoms with Crippen LogP contribution in [-0.4, -0.2) is 51.3 Å². The molecule has 6 nitrogen and oxygen atoms in total. The van der Waals surface area contributed by atoms with Crippen molar-refractivity contribution in [3.8, 4) is 0 Å². The van der Waals surface area contributed by atoms with Crippen LogP contribution in [0.2, 0.25) is 0 Å². The van der Waals surface area contributed by atoms with E-state index in [2.05, 4.69) is 10.5 Å². The van der Waals surface area contributed by atoms with E-state index in [0.717, 1.165) is 26.4 Å². The van der Waals surface area contributed by atoms with Gasteiger partial charge >= 0.3 is 6.09 Å². The first-order chi connectivity index (χ1) is 7.22. The number of ether oxygens (including phenoxy) is 4. The number of hydrogen-bond acceptors (Lipinski definition) is 5. The molecule has 0 aliphatic carbocycles. The highest BCUT2D eigenvalue weighted by molar-refractivity contribution is 5.64. The minimum absolute atomic E-state index is 0.356. The Balaban J connectivity index is 0.000000167. The molecule has 2 heterocycles. The summed E-state index contributed by atoms with van der Waals surface area (Å²) >= 11 is 0. The molecule has 0 bridgehead atoms. The van der Waals surface area contributed by atoms with Gasteiger partial charge in [0.25, 0.3) is 0 Å². The van der Waals surface area contributed by atoms with Crippen molar-refractivity contribution in [2.24, 2.45) is 5.73 Å². The monoisotopic (exact) mass is 219 g/mol. The van der Waals surface area contributed by atoms with Crippen molar-refractivity contribution in [2.75, 3.05) is 33.0 Å². The van der Waals surface area contributed by atoms with E-state index in [1.54, 1.807) is 6.92 Å². The van der Waals surface area contributed by atoms with Gasteiger partial charge in [-0.3, -0.25) is 0 Å². The predicted octanol–water partition coefficient (Wildman–Crippen LogP) is -0.0978. The topological polar surface area (TPSA) is 86.6 Å². The summed E-state index contributed by atoms with van der Waals surface area (Å²) in [7, 11) is 0. The van der Waals surface area contributed by atoms with Crippen LogP contribution in [0.4, 0.5) is 4.79 Å². The second-order valence-electron chi connectivity index (χ2n) is 3.20. The molecule has 2 unspecified atom stereocenters. The number of amides is 1. The van der Waals surface area contributed by atoms with Crippen molar-refractivity contribution >= 4 is 6.09 Å². The Labute approximate surface area is 88.6 Å². The first-order valence-corrected chi connectivity index (χ1v) is 4.95. The lowest BCUT2D eigenvalue weighted by Gasteiger charge is -1.95. The van der Waals surface area contributed by atoms with Gasteiger partial charge in [0.2, 0.25) is 0 Å². The molecule has 15 heavy (non-hydrogen) atoms. The zero-order valence-electron chi connectivity index (χ0n) is 8.81. The highest BCUT2D eigenvalue weighted by Gasteiger charge is 2.26. The number of hydrogen-bond donors (Lipinski definition) is 1. The zero-order chi connectivity index (χ0) is 11.1. The lowest BCUT2D eigenvalue weighted by atomic mass is 10.5. The van der Waals surface area contributed by atoms with Gasteiger partial charge in [-0.25, -0.2) is 4.79 Å². The van der Waals surface area contributed by atoms with Crippen LogP contribution in [0, 0.1) is 0 Å². The van der Waals surface area contributed by atoms with Crippen LogP contribution in [0.15, 0.2) is 0 Å². The highest BCUT2D eigenvalue weighted by atomic mass is 16.6. The minimum Gasteiger partial charge on any atom is -0.450 e. The highest BCUT2D eigenvalue weighted by Crippen LogP contribution is 2.12. The van der Waals surface area contributed by atoms with Crippen LogP contribution in [0.25, 0.3) is 0 Å². The summed E-state index contributed by atoms with van der Waals surface area (Å²) < 4.78 is 19.3. The molecule has 2 fully saturated rings. The van der Waals surface area contributed by atoms with E-state index >= 15 is 0 Å². The van der Waals surface area contributed by atoms with Crippen LogP contribution in [0.3, 0.4) is 0 Å². The van der Waals surface area contributed by atoms with E-state index in [9.17, 15) is 4.79 Å². The van der Waals surface area contributed by atoms with Gasteiger partial charge in [0.15, 0.2) is 0 Å². The smallest absolute Gasteiger partial charge is 0.404 e. The summed E-state index contributed by atoms with van der Waals surface area (Å²) in [5.74, 6) is 0. The summed E-state index contributed by atoms with van der Waals surface area (Å²) in [6.07, 6.45) is 0.0741. The number of carbonyl (C=O) groups excluding carboxylic acids is 1. The van der Waals surface area contributed by atoms with Gasteiger partial charge in [0.1, 0.15) is 12.2 Å². The molecule has 0 radical (unpaired) electrons. The fraction of sp³-hybridized carbons (Fsp3) is 0.889. The van der Waals surface area contributed by atoms with Crippen molar-refractivity contribution < 1.29 is 23.7 Å². The number of epoxide rings is 2. The molecule has 0 aromatic rings. The van der Waals surface area contributed by atoms with Crippen LogP contribution >= 0.6 is 0 Å². The Morgan fingerprint density at radius 2 is 1.80 bits per heavy atom. The third-order valence-corrected chi connectivity index (χ3v) is 1.70. The van der Waals surface area contributed by atoms with E-state index in [1.165, 1.54) is 0 Å². The third kappa shape index (κ3) is 8.17. The Hall–Kier alpha value is -0.850. The molecule has 2 aliphatic heterocycles. The fourth-order valence-electron chi connectivity index (χ4n) is 0.802. The van der Waals surface area contributed by atoms with Crippen molar-refractivity contribution in [1.82, 2.24) is 0 Å². The van der Waals surface area contributed by atoms with Gasteiger partial charge < -0.3 is 24.7 Å². The first-order valence-electron chi connectivity index (χ1n) is 4.95. The van der Waals surface area contributed by atoms with Gasteiger partial charge in [-0.05, 0) is 6.92 Å². The lowest BCUT2D eigenvalue weighted by molar-refractivity contribution is 0.102. The summed E-state index contributed by atoms with van der Waals surface area (Å²) in [5, 5.41) is 0. The zero-order valence-corrected chi connectivity index (χ0v) is 8.81. The first kappa shape index (κ1) is 12.2. The number of primary amides is 1. The van der Waals surface area contributed by atoms with E-state index in [4.69, 9.17) is 14.2 Å². The molecule has 2 saturated heterocycles. The molecule has 2 aliphatic rings. The molecule has 2 rings (SSSR count). The number of rotatable bonds is 5. The molecule has 6 heteroatoms. The average molecular weight is 219 g/mol. The van der Waals surface area contributed by atoms with Crippen LogP contribution in [0.5, 0.6) is 0 Å². The van der Waals surface area contributed by atoms with Crippen molar-refractivity contribution in [1.29, 1.82) is 0 Å². The van der Waals surface area contributed by atoms with Crippen LogP contribution < -0.4 is 5.73 Å². The molecular formula is C9H17NO5. The Kier molecular flexibility index (Phi) is 5.38. The molecule has 2 atom stereocenters. The normalized spacial score (nSPS) is 26.2. The summed E-state index contributed by atoms with van der Waals surface area (Å²) in [5.41, 5.74) is 4.54. The largest absolute Gasteiger partial charge is 0.450 e.